The molecule has 0 N–H and O–H groups in total. The first-order valence-corrected chi connectivity index (χ1v) is 14.9. The van der Waals surface area contributed by atoms with E-state index in [2.05, 4.69) is 13.8 Å². The Labute approximate surface area is 248 Å². The van der Waals surface area contributed by atoms with Gasteiger partial charge in [0.05, 0.1) is 0 Å². The van der Waals surface area contributed by atoms with Gasteiger partial charge < -0.3 is 19.8 Å². The first-order valence-electron chi connectivity index (χ1n) is 14.9. The third-order valence-corrected chi connectivity index (χ3v) is 6.47. The number of hydrogen-bond acceptors (Lipinski definition) is 4. The van der Waals surface area contributed by atoms with Crippen LogP contribution >= 0.6 is 0 Å². The van der Waals surface area contributed by atoms with Crippen LogP contribution in [0.4, 0.5) is 0 Å². The third kappa shape index (κ3) is 44.6. The molecule has 204 valence electrons. The van der Waals surface area contributed by atoms with Crippen molar-refractivity contribution in [3.8, 4) is 0 Å². The molecular formula is C30H58CaO4. The first kappa shape index (κ1) is 39.7. The molecule has 35 heavy (non-hydrogen) atoms. The number of hydrogen-bond donors (Lipinski definition) is 0. The molecule has 0 saturated heterocycles. The van der Waals surface area contributed by atoms with E-state index in [1.165, 1.54) is 128 Å². The summed E-state index contributed by atoms with van der Waals surface area (Å²) < 4.78 is 0. The summed E-state index contributed by atoms with van der Waals surface area (Å²) in [5.74, 6) is -1.81. The van der Waals surface area contributed by atoms with Gasteiger partial charge in [-0.05, 0) is 25.7 Å². The van der Waals surface area contributed by atoms with Crippen molar-refractivity contribution in [3.05, 3.63) is 0 Å². The van der Waals surface area contributed by atoms with Crippen LogP contribution in [0.25, 0.3) is 0 Å². The van der Waals surface area contributed by atoms with Crippen molar-refractivity contribution in [2.75, 3.05) is 0 Å². The normalized spacial score (nSPS) is 10.3. The van der Waals surface area contributed by atoms with Crippen molar-refractivity contribution in [1.82, 2.24) is 0 Å². The maximum absolute atomic E-state index is 10.2. The molecule has 0 aliphatic heterocycles. The smallest absolute Gasteiger partial charge is 0.550 e. The van der Waals surface area contributed by atoms with Gasteiger partial charge in [0.1, 0.15) is 0 Å². The minimum Gasteiger partial charge on any atom is -0.550 e. The van der Waals surface area contributed by atoms with E-state index in [0.717, 1.165) is 25.7 Å². The van der Waals surface area contributed by atoms with E-state index in [1.807, 2.05) is 0 Å². The van der Waals surface area contributed by atoms with Gasteiger partial charge >= 0.3 is 37.7 Å². The van der Waals surface area contributed by atoms with Crippen molar-refractivity contribution in [2.24, 2.45) is 0 Å². The Bertz CT molecular complexity index is 415. The molecule has 0 saturated carbocycles. The number of carboxylic acid groups (broad SMARTS) is 2. The number of aliphatic carboxylic acids is 2. The summed E-state index contributed by atoms with van der Waals surface area (Å²) in [6, 6.07) is 0. The Balaban J connectivity index is -0.000000573. The Morgan fingerprint density at radius 2 is 0.543 bits per heavy atom. The molecule has 0 atom stereocenters. The molecule has 0 unspecified atom stereocenters. The molecule has 0 fully saturated rings. The summed E-state index contributed by atoms with van der Waals surface area (Å²) in [5.41, 5.74) is 0. The van der Waals surface area contributed by atoms with Crippen LogP contribution in [0.15, 0.2) is 0 Å². The van der Waals surface area contributed by atoms with Crippen LogP contribution in [-0.4, -0.2) is 49.7 Å². The van der Waals surface area contributed by atoms with Crippen molar-refractivity contribution in [3.63, 3.8) is 0 Å². The van der Waals surface area contributed by atoms with E-state index in [4.69, 9.17) is 0 Å². The van der Waals surface area contributed by atoms with Gasteiger partial charge in [0, 0.05) is 11.9 Å². The Morgan fingerprint density at radius 3 is 0.714 bits per heavy atom. The molecule has 0 radical (unpaired) electrons. The van der Waals surface area contributed by atoms with Crippen molar-refractivity contribution < 1.29 is 19.8 Å². The minimum atomic E-state index is -0.907. The van der Waals surface area contributed by atoms with Gasteiger partial charge in [-0.2, -0.15) is 0 Å². The van der Waals surface area contributed by atoms with Crippen LogP contribution in [-0.2, 0) is 9.59 Å². The van der Waals surface area contributed by atoms with Gasteiger partial charge in [0.25, 0.3) is 0 Å². The van der Waals surface area contributed by atoms with Gasteiger partial charge in [-0.15, -0.1) is 0 Å². The van der Waals surface area contributed by atoms with E-state index < -0.39 is 11.9 Å². The maximum Gasteiger partial charge on any atom is 2.00 e. The molecule has 4 nitrogen and oxygen atoms in total. The van der Waals surface area contributed by atoms with Gasteiger partial charge in [-0.1, -0.05) is 155 Å². The standard InChI is InChI=1S/C16H32O2.C14H28O2.Ca/c1-2-3-4-5-6-7-8-9-10-11-12-13-14-15-16(17)18;1-2-3-4-5-6-7-8-9-10-11-12-13-14(15)16;/h2-15H2,1H3,(H,17,18);2-13H2,1H3,(H,15,16);/q;;+2/p-2. The fraction of sp³-hybridized carbons (Fsp3) is 0.933. The predicted octanol–water partition coefficient (Wildman–Crippen LogP) is 7.27. The molecule has 5 heteroatoms. The summed E-state index contributed by atoms with van der Waals surface area (Å²) >= 11 is 0. The van der Waals surface area contributed by atoms with Gasteiger partial charge in [0.2, 0.25) is 0 Å². The molecule has 0 aromatic heterocycles. The number of carboxylic acids is 2. The molecule has 0 amide bonds. The second kappa shape index (κ2) is 36.4. The quantitative estimate of drug-likeness (QED) is 0.0883. The average molecular weight is 523 g/mol. The van der Waals surface area contributed by atoms with E-state index in [0.29, 0.717) is 0 Å². The van der Waals surface area contributed by atoms with Crippen LogP contribution in [0.1, 0.15) is 181 Å². The van der Waals surface area contributed by atoms with Crippen LogP contribution < -0.4 is 10.2 Å². The second-order valence-corrected chi connectivity index (χ2v) is 10.0. The molecule has 0 rings (SSSR count). The molecule has 0 spiro atoms. The van der Waals surface area contributed by atoms with E-state index in [-0.39, 0.29) is 50.6 Å². The Morgan fingerprint density at radius 1 is 0.371 bits per heavy atom. The number of carbonyl (C=O) groups is 2. The summed E-state index contributed by atoms with van der Waals surface area (Å²) in [4.78, 5) is 20.3. The molecule has 0 aromatic carbocycles. The van der Waals surface area contributed by atoms with Gasteiger partial charge in [-0.3, -0.25) is 0 Å². The van der Waals surface area contributed by atoms with Crippen LogP contribution in [0.5, 0.6) is 0 Å². The Kier molecular flexibility index (Phi) is 41.2. The molecule has 0 bridgehead atoms. The number of carbonyl (C=O) groups excluding carboxylic acids is 2. The monoisotopic (exact) mass is 522 g/mol. The zero-order valence-corrected chi connectivity index (χ0v) is 25.9. The maximum atomic E-state index is 10.2. The van der Waals surface area contributed by atoms with E-state index in [9.17, 15) is 19.8 Å². The predicted molar refractivity (Wildman–Crippen MR) is 147 cm³/mol. The van der Waals surface area contributed by atoms with Crippen molar-refractivity contribution >= 4 is 49.7 Å². The molecular weight excluding hydrogens is 464 g/mol. The largest absolute Gasteiger partial charge is 2.00 e. The van der Waals surface area contributed by atoms with Crippen molar-refractivity contribution in [2.45, 2.75) is 181 Å². The summed E-state index contributed by atoms with van der Waals surface area (Å²) in [7, 11) is 0. The average Bonchev–Trinajstić information content (AvgIpc) is 2.80. The second-order valence-electron chi connectivity index (χ2n) is 10.0. The minimum absolute atomic E-state index is 0. The zero-order valence-electron chi connectivity index (χ0n) is 23.7. The molecule has 0 aliphatic rings. The van der Waals surface area contributed by atoms with Gasteiger partial charge in [-0.25, -0.2) is 0 Å². The summed E-state index contributed by atoms with van der Waals surface area (Å²) in [5, 5.41) is 20.3. The molecule has 0 heterocycles. The van der Waals surface area contributed by atoms with Gasteiger partial charge in [0.15, 0.2) is 0 Å². The number of rotatable bonds is 26. The SMILES string of the molecule is CCCCCCCCCCCCCC(=O)[O-].CCCCCCCCCCCCCCCC(=O)[O-].[Ca+2]. The fourth-order valence-corrected chi connectivity index (χ4v) is 4.22. The van der Waals surface area contributed by atoms with E-state index in [1.54, 1.807) is 0 Å². The Hall–Kier alpha value is 0.200. The molecule has 0 aliphatic carbocycles. The first-order chi connectivity index (χ1) is 16.5. The molecule has 0 aromatic rings. The topological polar surface area (TPSA) is 80.3 Å². The van der Waals surface area contributed by atoms with Crippen LogP contribution in [0.2, 0.25) is 0 Å². The van der Waals surface area contributed by atoms with Crippen LogP contribution in [0.3, 0.4) is 0 Å². The third-order valence-electron chi connectivity index (χ3n) is 6.47. The summed E-state index contributed by atoms with van der Waals surface area (Å²) in [6.07, 6.45) is 31.0. The summed E-state index contributed by atoms with van der Waals surface area (Å²) in [6.45, 7) is 4.50. The fourth-order valence-electron chi connectivity index (χ4n) is 4.22. The zero-order chi connectivity index (χ0) is 25.5. The van der Waals surface area contributed by atoms with Crippen molar-refractivity contribution in [1.29, 1.82) is 0 Å². The number of unbranched alkanes of at least 4 members (excludes halogenated alkanes) is 22. The van der Waals surface area contributed by atoms with Crippen LogP contribution in [0, 0.1) is 0 Å². The van der Waals surface area contributed by atoms with E-state index >= 15 is 0 Å².